The van der Waals surface area contributed by atoms with Crippen LogP contribution in [0.25, 0.3) is 10.1 Å². The molecular formula is C14H11FOS2. The summed E-state index contributed by atoms with van der Waals surface area (Å²) in [6, 6.07) is 8.57. The molecule has 0 fully saturated rings. The van der Waals surface area contributed by atoms with Crippen LogP contribution in [0.1, 0.15) is 21.4 Å². The molecule has 0 saturated carbocycles. The predicted molar refractivity (Wildman–Crippen MR) is 74.9 cm³/mol. The molecule has 1 atom stereocenters. The van der Waals surface area contributed by atoms with Gasteiger partial charge in [-0.2, -0.15) is 0 Å². The monoisotopic (exact) mass is 278 g/mol. The van der Waals surface area contributed by atoms with Crippen molar-refractivity contribution in [2.75, 3.05) is 0 Å². The Bertz CT molecular complexity index is 699. The first-order chi connectivity index (χ1) is 8.65. The maximum atomic E-state index is 13.1. The quantitative estimate of drug-likeness (QED) is 0.732. The van der Waals surface area contributed by atoms with Gasteiger partial charge in [-0.25, -0.2) is 4.39 Å². The van der Waals surface area contributed by atoms with Gasteiger partial charge >= 0.3 is 0 Å². The van der Waals surface area contributed by atoms with Crippen LogP contribution < -0.4 is 0 Å². The molecule has 0 radical (unpaired) electrons. The van der Waals surface area contributed by atoms with Gasteiger partial charge in [-0.05, 0) is 53.6 Å². The Morgan fingerprint density at radius 3 is 2.78 bits per heavy atom. The van der Waals surface area contributed by atoms with E-state index >= 15 is 0 Å². The standard InChI is InChI=1S/C14H11FOS2/c1-8-4-5-17-14(8)13(16)12-7-9-6-10(15)2-3-11(9)18-12/h2-7,13,16H,1H3. The zero-order valence-electron chi connectivity index (χ0n) is 9.68. The summed E-state index contributed by atoms with van der Waals surface area (Å²) in [5, 5.41) is 13.2. The fourth-order valence-electron chi connectivity index (χ4n) is 1.96. The molecule has 3 rings (SSSR count). The predicted octanol–water partition coefficient (Wildman–Crippen LogP) is 4.49. The smallest absolute Gasteiger partial charge is 0.123 e. The molecule has 0 saturated heterocycles. The third-order valence-corrected chi connectivity index (χ3v) is 5.16. The first-order valence-corrected chi connectivity index (χ1v) is 7.26. The zero-order valence-corrected chi connectivity index (χ0v) is 11.3. The number of benzene rings is 1. The van der Waals surface area contributed by atoms with Crippen molar-refractivity contribution in [2.45, 2.75) is 13.0 Å². The first-order valence-electron chi connectivity index (χ1n) is 5.56. The average molecular weight is 278 g/mol. The Balaban J connectivity index is 2.07. The second-order valence-electron chi connectivity index (χ2n) is 4.20. The average Bonchev–Trinajstić information content (AvgIpc) is 2.93. The fraction of sp³-hybridized carbons (Fsp3) is 0.143. The van der Waals surface area contributed by atoms with Gasteiger partial charge in [0.2, 0.25) is 0 Å². The molecule has 2 aromatic heterocycles. The van der Waals surface area contributed by atoms with Gasteiger partial charge in [0, 0.05) is 14.5 Å². The Hall–Kier alpha value is -1.23. The Kier molecular flexibility index (Phi) is 2.93. The summed E-state index contributed by atoms with van der Waals surface area (Å²) in [6.45, 7) is 1.99. The summed E-state index contributed by atoms with van der Waals surface area (Å²) < 4.78 is 14.1. The summed E-state index contributed by atoms with van der Waals surface area (Å²) in [7, 11) is 0. The van der Waals surface area contributed by atoms with E-state index < -0.39 is 6.10 Å². The van der Waals surface area contributed by atoms with Gasteiger partial charge in [0.1, 0.15) is 11.9 Å². The van der Waals surface area contributed by atoms with Crippen molar-refractivity contribution in [3.8, 4) is 0 Å². The highest BCUT2D eigenvalue weighted by atomic mass is 32.1. The van der Waals surface area contributed by atoms with Crippen LogP contribution in [0.2, 0.25) is 0 Å². The van der Waals surface area contributed by atoms with Crippen LogP contribution in [0, 0.1) is 12.7 Å². The first kappa shape index (κ1) is 11.8. The number of fused-ring (bicyclic) bond motifs is 1. The normalized spacial score (nSPS) is 13.1. The number of rotatable bonds is 2. The Morgan fingerprint density at radius 2 is 2.06 bits per heavy atom. The van der Waals surface area contributed by atoms with Crippen molar-refractivity contribution < 1.29 is 9.50 Å². The van der Waals surface area contributed by atoms with Crippen LogP contribution in [0.15, 0.2) is 35.7 Å². The van der Waals surface area contributed by atoms with E-state index in [1.807, 2.05) is 24.4 Å². The largest absolute Gasteiger partial charge is 0.382 e. The van der Waals surface area contributed by atoms with E-state index in [4.69, 9.17) is 0 Å². The molecule has 0 amide bonds. The van der Waals surface area contributed by atoms with Gasteiger partial charge in [0.25, 0.3) is 0 Å². The number of aliphatic hydroxyl groups excluding tert-OH is 1. The van der Waals surface area contributed by atoms with Crippen LogP contribution in [0.3, 0.4) is 0 Å². The van der Waals surface area contributed by atoms with E-state index in [0.29, 0.717) is 0 Å². The van der Waals surface area contributed by atoms with E-state index in [9.17, 15) is 9.50 Å². The molecule has 1 aromatic carbocycles. The van der Waals surface area contributed by atoms with E-state index in [0.717, 1.165) is 25.4 Å². The summed E-state index contributed by atoms with van der Waals surface area (Å²) in [6.07, 6.45) is -0.606. The molecule has 0 spiro atoms. The van der Waals surface area contributed by atoms with Crippen LogP contribution in [0.5, 0.6) is 0 Å². The van der Waals surface area contributed by atoms with E-state index in [1.165, 1.54) is 23.5 Å². The third kappa shape index (κ3) is 1.96. The molecule has 1 N–H and O–H groups in total. The summed E-state index contributed by atoms with van der Waals surface area (Å²) in [4.78, 5) is 1.82. The second kappa shape index (κ2) is 4.46. The van der Waals surface area contributed by atoms with Crippen molar-refractivity contribution in [1.29, 1.82) is 0 Å². The molecule has 4 heteroatoms. The van der Waals surface area contributed by atoms with E-state index in [2.05, 4.69) is 0 Å². The Morgan fingerprint density at radius 1 is 1.22 bits per heavy atom. The van der Waals surface area contributed by atoms with Crippen LogP contribution >= 0.6 is 22.7 Å². The number of hydrogen-bond donors (Lipinski definition) is 1. The minimum absolute atomic E-state index is 0.242. The van der Waals surface area contributed by atoms with Crippen LogP contribution in [-0.4, -0.2) is 5.11 Å². The molecule has 1 nitrogen and oxygen atoms in total. The van der Waals surface area contributed by atoms with Gasteiger partial charge in [-0.3, -0.25) is 0 Å². The molecule has 0 bridgehead atoms. The zero-order chi connectivity index (χ0) is 12.7. The number of aliphatic hydroxyl groups is 1. The summed E-state index contributed by atoms with van der Waals surface area (Å²) >= 11 is 3.06. The number of hydrogen-bond acceptors (Lipinski definition) is 3. The Labute approximate surface area is 112 Å². The minimum atomic E-state index is -0.606. The lowest BCUT2D eigenvalue weighted by Gasteiger charge is -2.06. The fourth-order valence-corrected chi connectivity index (χ4v) is 4.01. The highest BCUT2D eigenvalue weighted by molar-refractivity contribution is 7.19. The van der Waals surface area contributed by atoms with E-state index in [1.54, 1.807) is 17.4 Å². The van der Waals surface area contributed by atoms with Gasteiger partial charge in [-0.15, -0.1) is 22.7 Å². The molecule has 0 aliphatic rings. The van der Waals surface area contributed by atoms with Crippen molar-refractivity contribution in [1.82, 2.24) is 0 Å². The lowest BCUT2D eigenvalue weighted by atomic mass is 10.1. The second-order valence-corrected chi connectivity index (χ2v) is 6.26. The van der Waals surface area contributed by atoms with Gasteiger partial charge in [-0.1, -0.05) is 0 Å². The maximum Gasteiger partial charge on any atom is 0.123 e. The molecule has 3 aromatic rings. The number of halogens is 1. The van der Waals surface area contributed by atoms with Crippen molar-refractivity contribution in [3.05, 3.63) is 56.8 Å². The molecule has 0 aliphatic heterocycles. The minimum Gasteiger partial charge on any atom is -0.382 e. The molecule has 92 valence electrons. The lowest BCUT2D eigenvalue weighted by Crippen LogP contribution is -1.95. The van der Waals surface area contributed by atoms with Crippen molar-refractivity contribution in [2.24, 2.45) is 0 Å². The highest BCUT2D eigenvalue weighted by Crippen LogP contribution is 2.36. The topological polar surface area (TPSA) is 20.2 Å². The summed E-state index contributed by atoms with van der Waals surface area (Å²) in [5.41, 5.74) is 1.09. The van der Waals surface area contributed by atoms with Crippen LogP contribution in [0.4, 0.5) is 4.39 Å². The van der Waals surface area contributed by atoms with Gasteiger partial charge < -0.3 is 5.11 Å². The third-order valence-electron chi connectivity index (χ3n) is 2.92. The van der Waals surface area contributed by atoms with E-state index in [-0.39, 0.29) is 5.82 Å². The maximum absolute atomic E-state index is 13.1. The van der Waals surface area contributed by atoms with Crippen molar-refractivity contribution >= 4 is 32.8 Å². The van der Waals surface area contributed by atoms with Gasteiger partial charge in [0.15, 0.2) is 0 Å². The summed E-state index contributed by atoms with van der Waals surface area (Å²) in [5.74, 6) is -0.242. The number of thiophene rings is 2. The lowest BCUT2D eigenvalue weighted by molar-refractivity contribution is 0.227. The molecule has 18 heavy (non-hydrogen) atoms. The molecular weight excluding hydrogens is 267 g/mol. The van der Waals surface area contributed by atoms with Crippen molar-refractivity contribution in [3.63, 3.8) is 0 Å². The van der Waals surface area contributed by atoms with Gasteiger partial charge in [0.05, 0.1) is 0 Å². The van der Waals surface area contributed by atoms with Crippen LogP contribution in [-0.2, 0) is 0 Å². The molecule has 1 unspecified atom stereocenters. The highest BCUT2D eigenvalue weighted by Gasteiger charge is 2.17. The molecule has 2 heterocycles. The number of aryl methyl sites for hydroxylation is 1. The molecule has 0 aliphatic carbocycles. The SMILES string of the molecule is Cc1ccsc1C(O)c1cc2cc(F)ccc2s1.